The fourth-order valence-corrected chi connectivity index (χ4v) is 1.38. The summed E-state index contributed by atoms with van der Waals surface area (Å²) < 4.78 is 0. The van der Waals surface area contributed by atoms with E-state index in [-0.39, 0.29) is 11.1 Å². The maximum Gasteiger partial charge on any atom is 0.322 e. The van der Waals surface area contributed by atoms with Gasteiger partial charge in [-0.3, -0.25) is 24.5 Å². The second-order valence-electron chi connectivity index (χ2n) is 3.68. The van der Waals surface area contributed by atoms with Crippen molar-refractivity contribution in [1.82, 2.24) is 10.6 Å². The predicted octanol–water partition coefficient (Wildman–Crippen LogP) is -1.37. The largest absolute Gasteiger partial charge is 0.480 e. The number of hydrogen-bond acceptors (Lipinski definition) is 5. The van der Waals surface area contributed by atoms with Crippen molar-refractivity contribution < 1.29 is 30.1 Å². The van der Waals surface area contributed by atoms with Crippen molar-refractivity contribution in [3.8, 4) is 0 Å². The average Bonchev–Trinajstić information content (AvgIpc) is 2.53. The lowest BCUT2D eigenvalue weighted by molar-refractivity contribution is -0.384. The number of carbonyl (C=O) groups is 3. The van der Waals surface area contributed by atoms with Crippen LogP contribution in [0.3, 0.4) is 0 Å². The Bertz CT molecular complexity index is 587. The minimum atomic E-state index is -1.25. The number of hydrogen-bond donors (Lipinski definition) is 4. The smallest absolute Gasteiger partial charge is 0.322 e. The second-order valence-corrected chi connectivity index (χ2v) is 3.68. The molecule has 0 saturated heterocycles. The third kappa shape index (κ3) is 5.54. The number of quaternary nitrogens is 1. The normalized spacial score (nSPS) is 9.05. The van der Waals surface area contributed by atoms with E-state index in [1.165, 1.54) is 7.05 Å². The number of nitro groups is 1. The minimum absolute atomic E-state index is 0.0674. The molecule has 0 aromatic heterocycles. The third-order valence-electron chi connectivity index (χ3n) is 2.28. The average molecular weight is 313 g/mol. The van der Waals surface area contributed by atoms with Gasteiger partial charge in [-0.25, -0.2) is 0 Å². The molecule has 2 amide bonds. The van der Waals surface area contributed by atoms with Crippen LogP contribution in [0.4, 0.5) is 5.69 Å². The molecule has 10 heteroatoms. The van der Waals surface area contributed by atoms with Gasteiger partial charge < -0.3 is 21.5 Å². The molecular formula is C12H17N4O6+. The van der Waals surface area contributed by atoms with Crippen LogP contribution in [0.15, 0.2) is 18.2 Å². The molecule has 0 fully saturated rings. The summed E-state index contributed by atoms with van der Waals surface area (Å²) in [4.78, 5) is 43.5. The van der Waals surface area contributed by atoms with Gasteiger partial charge in [0.1, 0.15) is 6.54 Å². The summed E-state index contributed by atoms with van der Waals surface area (Å²) in [6.45, 7) is -0.628. The Labute approximate surface area is 125 Å². The number of rotatable bonds is 5. The van der Waals surface area contributed by atoms with Crippen molar-refractivity contribution in [1.29, 1.82) is 0 Å². The van der Waals surface area contributed by atoms with Crippen LogP contribution >= 0.6 is 0 Å². The molecule has 0 atom stereocenters. The first-order valence-corrected chi connectivity index (χ1v) is 6.07. The highest BCUT2D eigenvalue weighted by Gasteiger charge is 2.17. The van der Waals surface area contributed by atoms with E-state index in [4.69, 9.17) is 5.11 Å². The molecule has 1 rings (SSSR count). The van der Waals surface area contributed by atoms with E-state index in [0.29, 0.717) is 0 Å². The van der Waals surface area contributed by atoms with E-state index in [0.717, 1.165) is 18.2 Å². The summed E-state index contributed by atoms with van der Waals surface area (Å²) in [5.41, 5.74) is 2.58. The van der Waals surface area contributed by atoms with E-state index in [9.17, 15) is 24.5 Å². The molecule has 120 valence electrons. The molecule has 6 N–H and O–H groups in total. The van der Waals surface area contributed by atoms with Crippen LogP contribution in [0, 0.1) is 10.1 Å². The lowest BCUT2D eigenvalue weighted by Crippen LogP contribution is -2.40. The number of benzene rings is 1. The molecule has 0 aliphatic heterocycles. The van der Waals surface area contributed by atoms with Crippen molar-refractivity contribution in [2.24, 2.45) is 0 Å². The number of non-ortho nitro benzene ring substituents is 1. The van der Waals surface area contributed by atoms with Crippen LogP contribution in [0.2, 0.25) is 0 Å². The van der Waals surface area contributed by atoms with Crippen LogP contribution in [0.1, 0.15) is 20.7 Å². The van der Waals surface area contributed by atoms with E-state index in [1.807, 2.05) is 0 Å². The topological polar surface area (TPSA) is 166 Å². The first-order chi connectivity index (χ1) is 10.3. The van der Waals surface area contributed by atoms with Gasteiger partial charge in [-0.2, -0.15) is 0 Å². The van der Waals surface area contributed by atoms with E-state index in [2.05, 4.69) is 16.4 Å². The number of nitro benzene ring substituents is 1. The zero-order valence-corrected chi connectivity index (χ0v) is 12.1. The molecule has 0 aliphatic rings. The zero-order valence-electron chi connectivity index (χ0n) is 12.1. The van der Waals surface area contributed by atoms with Crippen LogP contribution in [0.25, 0.3) is 0 Å². The van der Waals surface area contributed by atoms with Gasteiger partial charge in [0.05, 0.1) is 12.0 Å². The maximum atomic E-state index is 11.7. The molecule has 0 unspecified atom stereocenters. The number of amides is 2. The van der Waals surface area contributed by atoms with Crippen molar-refractivity contribution >= 4 is 23.5 Å². The van der Waals surface area contributed by atoms with Crippen molar-refractivity contribution in [2.75, 3.05) is 20.6 Å². The fourth-order valence-electron chi connectivity index (χ4n) is 1.38. The fraction of sp³-hybridized carbons (Fsp3) is 0.250. The minimum Gasteiger partial charge on any atom is -0.480 e. The summed E-state index contributed by atoms with van der Waals surface area (Å²) in [6.07, 6.45) is 0. The van der Waals surface area contributed by atoms with Gasteiger partial charge in [0.2, 0.25) is 0 Å². The number of aliphatic carboxylic acids is 1. The van der Waals surface area contributed by atoms with Gasteiger partial charge in [0, 0.05) is 30.3 Å². The summed E-state index contributed by atoms with van der Waals surface area (Å²) in [6, 6.07) is 3.12. The van der Waals surface area contributed by atoms with Crippen LogP contribution in [0.5, 0.6) is 0 Å². The van der Waals surface area contributed by atoms with Gasteiger partial charge in [-0.15, -0.1) is 0 Å². The van der Waals surface area contributed by atoms with Crippen molar-refractivity contribution in [3.63, 3.8) is 0 Å². The maximum absolute atomic E-state index is 11.7. The molecule has 0 bridgehead atoms. The SMILES string of the molecule is CNC(=O)c1cc(C(=O)NCC(=O)O)cc([N+](=O)[O-])c1.C[NH3+]. The summed E-state index contributed by atoms with van der Waals surface area (Å²) >= 11 is 0. The molecule has 22 heavy (non-hydrogen) atoms. The first kappa shape index (κ1) is 19.0. The highest BCUT2D eigenvalue weighted by Crippen LogP contribution is 2.17. The Morgan fingerprint density at radius 2 is 1.68 bits per heavy atom. The third-order valence-corrected chi connectivity index (χ3v) is 2.28. The Hall–Kier alpha value is -3.01. The van der Waals surface area contributed by atoms with Crippen LogP contribution in [-0.4, -0.2) is 48.5 Å². The molecule has 1 aromatic carbocycles. The Kier molecular flexibility index (Phi) is 7.79. The molecule has 10 nitrogen and oxygen atoms in total. The van der Waals surface area contributed by atoms with Crippen molar-refractivity contribution in [3.05, 3.63) is 39.4 Å². The van der Waals surface area contributed by atoms with E-state index < -0.39 is 34.9 Å². The number of carboxylic acids is 1. The number of nitrogens with one attached hydrogen (secondary N) is 2. The molecule has 1 aromatic rings. The molecule has 0 saturated carbocycles. The summed E-state index contributed by atoms with van der Waals surface area (Å²) in [5.74, 6) is -2.67. The van der Waals surface area contributed by atoms with Gasteiger partial charge >= 0.3 is 5.97 Å². The molecule has 0 spiro atoms. The molecule has 0 aliphatic carbocycles. The number of carbonyl (C=O) groups excluding carboxylic acids is 2. The van der Waals surface area contributed by atoms with E-state index >= 15 is 0 Å². The highest BCUT2D eigenvalue weighted by molar-refractivity contribution is 6.01. The Morgan fingerprint density at radius 3 is 2.09 bits per heavy atom. The van der Waals surface area contributed by atoms with Gasteiger partial charge in [-0.05, 0) is 6.07 Å². The lowest BCUT2D eigenvalue weighted by Gasteiger charge is -2.05. The van der Waals surface area contributed by atoms with Crippen LogP contribution < -0.4 is 16.4 Å². The van der Waals surface area contributed by atoms with E-state index in [1.54, 1.807) is 7.05 Å². The molecule has 0 radical (unpaired) electrons. The monoisotopic (exact) mass is 313 g/mol. The lowest BCUT2D eigenvalue weighted by atomic mass is 10.1. The van der Waals surface area contributed by atoms with Gasteiger partial charge in [-0.1, -0.05) is 0 Å². The summed E-state index contributed by atoms with van der Waals surface area (Å²) in [5, 5.41) is 23.5. The predicted molar refractivity (Wildman–Crippen MR) is 75.3 cm³/mol. The van der Waals surface area contributed by atoms with Crippen LogP contribution in [-0.2, 0) is 4.79 Å². The number of nitrogens with zero attached hydrogens (tertiary/aromatic N) is 1. The first-order valence-electron chi connectivity index (χ1n) is 6.07. The zero-order chi connectivity index (χ0) is 17.3. The Balaban J connectivity index is 0.00000211. The Morgan fingerprint density at radius 1 is 1.18 bits per heavy atom. The summed E-state index contributed by atoms with van der Waals surface area (Å²) in [7, 11) is 3.09. The standard InChI is InChI=1S/C11H11N3O6.CH5N/c1-12-10(17)6-2-7(4-8(3-6)14(19)20)11(18)13-5-9(15)16;1-2/h2-4H,5H2,1H3,(H,12,17)(H,13,18)(H,15,16);2H2,1H3/p+1. The van der Waals surface area contributed by atoms with Gasteiger partial charge in [0.25, 0.3) is 17.5 Å². The second kappa shape index (κ2) is 9.02. The van der Waals surface area contributed by atoms with Crippen molar-refractivity contribution in [2.45, 2.75) is 0 Å². The molecule has 0 heterocycles. The quantitative estimate of drug-likeness (QED) is 0.386. The van der Waals surface area contributed by atoms with Gasteiger partial charge in [0.15, 0.2) is 0 Å². The highest BCUT2D eigenvalue weighted by atomic mass is 16.6. The number of carboxylic acid groups (broad SMARTS) is 1. The molecular weight excluding hydrogens is 296 g/mol.